The van der Waals surface area contributed by atoms with Crippen LogP contribution in [-0.2, 0) is 4.79 Å². The number of likely N-dealkylation sites (tertiary alicyclic amines) is 2. The van der Waals surface area contributed by atoms with Gasteiger partial charge in [-0.3, -0.25) is 9.69 Å². The normalized spacial score (nSPS) is 17.6. The lowest BCUT2D eigenvalue weighted by atomic mass is 10.1. The van der Waals surface area contributed by atoms with E-state index in [1.807, 2.05) is 59.5 Å². The molecule has 3 heterocycles. The van der Waals surface area contributed by atoms with Gasteiger partial charge in [0.2, 0.25) is 11.7 Å². The van der Waals surface area contributed by atoms with E-state index in [-0.39, 0.29) is 12.0 Å². The van der Waals surface area contributed by atoms with E-state index in [1.54, 1.807) is 0 Å². The molecule has 2 aliphatic rings. The Bertz CT molecular complexity index is 1020. The number of aromatic nitrogens is 2. The van der Waals surface area contributed by atoms with Gasteiger partial charge in [0, 0.05) is 11.1 Å². The van der Waals surface area contributed by atoms with Crippen LogP contribution < -0.4 is 4.74 Å². The van der Waals surface area contributed by atoms with E-state index in [4.69, 9.17) is 9.26 Å². The Labute approximate surface area is 188 Å². The maximum absolute atomic E-state index is 12.5. The Balaban J connectivity index is 1.11. The average molecular weight is 433 g/mol. The molecule has 1 amide bonds. The smallest absolute Gasteiger partial charge is 0.258 e. The summed E-state index contributed by atoms with van der Waals surface area (Å²) in [6, 6.07) is 17.4. The fraction of sp³-hybridized carbons (Fsp3) is 0.400. The number of benzene rings is 2. The Morgan fingerprint density at radius 2 is 1.66 bits per heavy atom. The summed E-state index contributed by atoms with van der Waals surface area (Å²) in [7, 11) is 0. The highest BCUT2D eigenvalue weighted by Gasteiger charge is 2.32. The first-order chi connectivity index (χ1) is 15.7. The third-order valence-electron chi connectivity index (χ3n) is 6.12. The number of nitrogens with zero attached hydrogens (tertiary/aromatic N) is 4. The summed E-state index contributed by atoms with van der Waals surface area (Å²) in [5.74, 6) is 2.04. The lowest BCUT2D eigenvalue weighted by molar-refractivity contribution is -0.141. The zero-order valence-corrected chi connectivity index (χ0v) is 18.2. The number of amides is 1. The second-order valence-electron chi connectivity index (χ2n) is 8.54. The van der Waals surface area contributed by atoms with Crippen LogP contribution in [0.5, 0.6) is 5.75 Å². The van der Waals surface area contributed by atoms with E-state index < -0.39 is 0 Å². The van der Waals surface area contributed by atoms with Gasteiger partial charge in [-0.2, -0.15) is 4.98 Å². The van der Waals surface area contributed by atoms with Crippen molar-refractivity contribution >= 4 is 5.91 Å². The Kier molecular flexibility index (Phi) is 6.16. The van der Waals surface area contributed by atoms with Crippen molar-refractivity contribution in [1.29, 1.82) is 0 Å². The van der Waals surface area contributed by atoms with Crippen molar-refractivity contribution in [2.45, 2.75) is 31.8 Å². The summed E-state index contributed by atoms with van der Waals surface area (Å²) in [4.78, 5) is 21.2. The largest absolute Gasteiger partial charge is 0.487 e. The van der Waals surface area contributed by atoms with Gasteiger partial charge in [0.15, 0.2) is 0 Å². The molecule has 32 heavy (non-hydrogen) atoms. The molecule has 5 rings (SSSR count). The lowest BCUT2D eigenvalue weighted by Crippen LogP contribution is -2.58. The van der Waals surface area contributed by atoms with Gasteiger partial charge in [-0.15, -0.1) is 0 Å². The van der Waals surface area contributed by atoms with Gasteiger partial charge in [0.25, 0.3) is 5.89 Å². The second kappa shape index (κ2) is 9.53. The molecule has 0 unspecified atom stereocenters. The molecule has 1 aromatic heterocycles. The highest BCUT2D eigenvalue weighted by atomic mass is 16.5. The summed E-state index contributed by atoms with van der Waals surface area (Å²) in [6.07, 6.45) is 5.01. The first-order valence-corrected chi connectivity index (χ1v) is 11.4. The molecule has 3 aromatic rings. The fourth-order valence-electron chi connectivity index (χ4n) is 4.22. The van der Waals surface area contributed by atoms with Crippen LogP contribution in [0.25, 0.3) is 22.8 Å². The van der Waals surface area contributed by atoms with Gasteiger partial charge in [0.05, 0.1) is 19.6 Å². The van der Waals surface area contributed by atoms with Crippen LogP contribution in [0.4, 0.5) is 0 Å². The molecule has 2 saturated heterocycles. The molecule has 0 saturated carbocycles. The minimum atomic E-state index is 0.0452. The van der Waals surface area contributed by atoms with Crippen molar-refractivity contribution in [3.8, 4) is 28.6 Å². The summed E-state index contributed by atoms with van der Waals surface area (Å²) >= 11 is 0. The third-order valence-corrected chi connectivity index (χ3v) is 6.12. The molecule has 2 fully saturated rings. The van der Waals surface area contributed by atoms with Crippen LogP contribution in [0, 0.1) is 0 Å². The van der Waals surface area contributed by atoms with Gasteiger partial charge in [-0.1, -0.05) is 36.2 Å². The SMILES string of the molecule is O=C(CN1CCCCCC1)N1CC(Oc2ccc(-c3noc(-c4ccccc4)n3)cc2)C1. The van der Waals surface area contributed by atoms with Gasteiger partial charge >= 0.3 is 0 Å². The molecule has 0 radical (unpaired) electrons. The predicted molar refractivity (Wildman–Crippen MR) is 121 cm³/mol. The summed E-state index contributed by atoms with van der Waals surface area (Å²) < 4.78 is 11.4. The van der Waals surface area contributed by atoms with Crippen LogP contribution in [0.15, 0.2) is 59.1 Å². The molecule has 2 aliphatic heterocycles. The van der Waals surface area contributed by atoms with E-state index in [0.717, 1.165) is 30.0 Å². The standard InChI is InChI=1S/C25H28N4O3/c30-23(18-28-14-6-1-2-7-15-28)29-16-22(17-29)31-21-12-10-19(11-13-21)24-26-25(32-27-24)20-8-4-3-5-9-20/h3-5,8-13,22H,1-2,6-7,14-18H2. The highest BCUT2D eigenvalue weighted by Crippen LogP contribution is 2.25. The van der Waals surface area contributed by atoms with Crippen LogP contribution in [-0.4, -0.2) is 64.7 Å². The zero-order chi connectivity index (χ0) is 21.8. The molecule has 166 valence electrons. The first kappa shape index (κ1) is 20.7. The number of ether oxygens (including phenoxy) is 1. The molecule has 0 bridgehead atoms. The summed E-state index contributed by atoms with van der Waals surface area (Å²) in [6.45, 7) is 3.93. The summed E-state index contributed by atoms with van der Waals surface area (Å²) in [5.41, 5.74) is 1.76. The molecular weight excluding hydrogens is 404 g/mol. The van der Waals surface area contributed by atoms with Crippen LogP contribution >= 0.6 is 0 Å². The molecule has 0 spiro atoms. The van der Waals surface area contributed by atoms with E-state index >= 15 is 0 Å². The van der Waals surface area contributed by atoms with Gasteiger partial charge < -0.3 is 14.2 Å². The van der Waals surface area contributed by atoms with Crippen molar-refractivity contribution < 1.29 is 14.1 Å². The maximum Gasteiger partial charge on any atom is 0.258 e. The van der Waals surface area contributed by atoms with Crippen molar-refractivity contribution in [3.05, 3.63) is 54.6 Å². The molecule has 0 N–H and O–H groups in total. The highest BCUT2D eigenvalue weighted by molar-refractivity contribution is 5.79. The average Bonchev–Trinajstić information content (AvgIpc) is 3.15. The molecule has 7 heteroatoms. The predicted octanol–water partition coefficient (Wildman–Crippen LogP) is 3.87. The lowest BCUT2D eigenvalue weighted by Gasteiger charge is -2.40. The fourth-order valence-corrected chi connectivity index (χ4v) is 4.22. The first-order valence-electron chi connectivity index (χ1n) is 11.4. The molecule has 0 aliphatic carbocycles. The topological polar surface area (TPSA) is 71.7 Å². The van der Waals surface area contributed by atoms with Crippen molar-refractivity contribution in [2.24, 2.45) is 0 Å². The van der Waals surface area contributed by atoms with E-state index in [1.165, 1.54) is 25.7 Å². The van der Waals surface area contributed by atoms with Gasteiger partial charge in [-0.25, -0.2) is 0 Å². The van der Waals surface area contributed by atoms with E-state index in [9.17, 15) is 4.79 Å². The number of hydrogen-bond acceptors (Lipinski definition) is 6. The molecule has 2 aromatic carbocycles. The molecular formula is C25H28N4O3. The third kappa shape index (κ3) is 4.83. The number of hydrogen-bond donors (Lipinski definition) is 0. The van der Waals surface area contributed by atoms with E-state index in [2.05, 4.69) is 15.0 Å². The number of carbonyl (C=O) groups is 1. The Hall–Kier alpha value is -3.19. The minimum Gasteiger partial charge on any atom is -0.487 e. The van der Waals surface area contributed by atoms with Gasteiger partial charge in [-0.05, 0) is 62.3 Å². The number of carbonyl (C=O) groups excluding carboxylic acids is 1. The minimum absolute atomic E-state index is 0.0452. The van der Waals surface area contributed by atoms with Crippen LogP contribution in [0.2, 0.25) is 0 Å². The van der Waals surface area contributed by atoms with Crippen LogP contribution in [0.3, 0.4) is 0 Å². The van der Waals surface area contributed by atoms with Crippen molar-refractivity contribution in [3.63, 3.8) is 0 Å². The second-order valence-corrected chi connectivity index (χ2v) is 8.54. The number of rotatable bonds is 6. The van der Waals surface area contributed by atoms with Crippen LogP contribution in [0.1, 0.15) is 25.7 Å². The quantitative estimate of drug-likeness (QED) is 0.589. The monoisotopic (exact) mass is 432 g/mol. The Morgan fingerprint density at radius 1 is 0.938 bits per heavy atom. The van der Waals surface area contributed by atoms with Crippen molar-refractivity contribution in [1.82, 2.24) is 19.9 Å². The zero-order valence-electron chi connectivity index (χ0n) is 18.2. The maximum atomic E-state index is 12.5. The van der Waals surface area contributed by atoms with Crippen molar-refractivity contribution in [2.75, 3.05) is 32.7 Å². The molecule has 0 atom stereocenters. The Morgan fingerprint density at radius 3 is 2.38 bits per heavy atom. The summed E-state index contributed by atoms with van der Waals surface area (Å²) in [5, 5.41) is 4.09. The van der Waals surface area contributed by atoms with Gasteiger partial charge in [0.1, 0.15) is 11.9 Å². The van der Waals surface area contributed by atoms with E-state index in [0.29, 0.717) is 31.3 Å². The molecule has 7 nitrogen and oxygen atoms in total.